The monoisotopic (exact) mass is 277 g/mol. The number of carbonyl (C=O) groups excluding carboxylic acids is 1. The van der Waals surface area contributed by atoms with Crippen molar-refractivity contribution >= 4 is 17.6 Å². The first-order valence-corrected chi connectivity index (χ1v) is 6.48. The quantitative estimate of drug-likeness (QED) is 0.788. The zero-order valence-corrected chi connectivity index (χ0v) is 11.9. The molecule has 1 heterocycles. The molecule has 0 aliphatic rings. The van der Waals surface area contributed by atoms with Gasteiger partial charge in [0.25, 0.3) is 0 Å². The molecule has 0 amide bonds. The van der Waals surface area contributed by atoms with E-state index in [1.807, 2.05) is 48.7 Å². The fraction of sp³-hybridized carbons (Fsp3) is 0.267. The van der Waals surface area contributed by atoms with E-state index >= 15 is 0 Å². The molecule has 0 atom stereocenters. The van der Waals surface area contributed by atoms with Crippen LogP contribution >= 0.6 is 11.6 Å². The second kappa shape index (κ2) is 5.49. The molecule has 0 aliphatic carbocycles. The maximum absolute atomic E-state index is 11.8. The summed E-state index contributed by atoms with van der Waals surface area (Å²) in [4.78, 5) is 11.8. The predicted octanol–water partition coefficient (Wildman–Crippen LogP) is 4.18. The summed E-state index contributed by atoms with van der Waals surface area (Å²) in [5.41, 5.74) is 2.36. The van der Waals surface area contributed by atoms with Crippen molar-refractivity contribution < 1.29 is 9.53 Å². The van der Waals surface area contributed by atoms with Gasteiger partial charge in [0.05, 0.1) is 12.8 Å². The number of nitrogens with zero attached hydrogens (tertiary/aromatic N) is 1. The average Bonchev–Trinajstić information content (AvgIpc) is 2.83. The van der Waals surface area contributed by atoms with Crippen molar-refractivity contribution in [2.45, 2.75) is 19.9 Å². The molecule has 2 aromatic rings. The van der Waals surface area contributed by atoms with Gasteiger partial charge in [-0.05, 0) is 32.0 Å². The molecule has 100 valence electrons. The minimum atomic E-state index is -0.341. The molecule has 19 heavy (non-hydrogen) atoms. The van der Waals surface area contributed by atoms with Gasteiger partial charge in [-0.1, -0.05) is 29.8 Å². The molecule has 3 nitrogen and oxygen atoms in total. The maximum Gasteiger partial charge on any atom is 0.354 e. The first-order valence-electron chi connectivity index (χ1n) is 6.10. The Balaban J connectivity index is 2.62. The summed E-state index contributed by atoms with van der Waals surface area (Å²) in [5.74, 6) is -0.341. The van der Waals surface area contributed by atoms with Crippen molar-refractivity contribution in [2.75, 3.05) is 7.11 Å². The van der Waals surface area contributed by atoms with Crippen LogP contribution in [0.5, 0.6) is 0 Å². The molecule has 1 aromatic carbocycles. The van der Waals surface area contributed by atoms with Crippen molar-refractivity contribution in [2.24, 2.45) is 0 Å². The molecule has 1 aromatic heterocycles. The van der Waals surface area contributed by atoms with E-state index in [4.69, 9.17) is 16.3 Å². The van der Waals surface area contributed by atoms with Crippen LogP contribution in [-0.2, 0) is 4.74 Å². The Hall–Kier alpha value is -1.74. The van der Waals surface area contributed by atoms with Crippen molar-refractivity contribution in [3.05, 3.63) is 47.1 Å². The first-order chi connectivity index (χ1) is 9.06. The minimum absolute atomic E-state index is 0.135. The molecule has 0 bridgehead atoms. The number of methoxy groups -OCH3 is 1. The number of hydrogen-bond donors (Lipinski definition) is 0. The minimum Gasteiger partial charge on any atom is -0.464 e. The Kier molecular flexibility index (Phi) is 3.96. The molecule has 2 rings (SSSR count). The number of carbonyl (C=O) groups is 1. The van der Waals surface area contributed by atoms with Crippen LogP contribution in [0.3, 0.4) is 0 Å². The lowest BCUT2D eigenvalue weighted by atomic mass is 10.1. The highest BCUT2D eigenvalue weighted by Crippen LogP contribution is 2.31. The number of aromatic nitrogens is 1. The standard InChI is InChI=1S/C15H16ClNO2/c1-10(2)17-13(8-9-14(17)15(18)19-3)11-6-4-5-7-12(11)16/h4-10H,1-3H3. The highest BCUT2D eigenvalue weighted by Gasteiger charge is 2.19. The van der Waals surface area contributed by atoms with Crippen molar-refractivity contribution in [3.63, 3.8) is 0 Å². The molecule has 0 saturated heterocycles. The summed E-state index contributed by atoms with van der Waals surface area (Å²) in [5, 5.41) is 0.666. The fourth-order valence-corrected chi connectivity index (χ4v) is 2.40. The second-order valence-electron chi connectivity index (χ2n) is 4.54. The van der Waals surface area contributed by atoms with E-state index in [0.717, 1.165) is 11.3 Å². The van der Waals surface area contributed by atoms with E-state index in [1.165, 1.54) is 7.11 Å². The van der Waals surface area contributed by atoms with E-state index in [2.05, 4.69) is 0 Å². The van der Waals surface area contributed by atoms with E-state index in [9.17, 15) is 4.79 Å². The van der Waals surface area contributed by atoms with Crippen LogP contribution < -0.4 is 0 Å². The first kappa shape index (κ1) is 13.7. The van der Waals surface area contributed by atoms with Gasteiger partial charge in [-0.2, -0.15) is 0 Å². The predicted molar refractivity (Wildman–Crippen MR) is 76.6 cm³/mol. The van der Waals surface area contributed by atoms with Gasteiger partial charge in [0.2, 0.25) is 0 Å². The number of halogens is 1. The van der Waals surface area contributed by atoms with E-state index in [0.29, 0.717) is 10.7 Å². The molecule has 0 fully saturated rings. The lowest BCUT2D eigenvalue weighted by Crippen LogP contribution is -2.13. The van der Waals surface area contributed by atoms with Crippen LogP contribution in [0.1, 0.15) is 30.4 Å². The number of rotatable bonds is 3. The Morgan fingerprint density at radius 1 is 1.21 bits per heavy atom. The van der Waals surface area contributed by atoms with Gasteiger partial charge in [-0.3, -0.25) is 0 Å². The number of hydrogen-bond acceptors (Lipinski definition) is 2. The van der Waals surface area contributed by atoms with Crippen LogP contribution in [-0.4, -0.2) is 17.6 Å². The average molecular weight is 278 g/mol. The second-order valence-corrected chi connectivity index (χ2v) is 4.95. The molecule has 0 radical (unpaired) electrons. The molecule has 4 heteroatoms. The summed E-state index contributed by atoms with van der Waals surface area (Å²) in [6.07, 6.45) is 0. The van der Waals surface area contributed by atoms with Gasteiger partial charge in [-0.25, -0.2) is 4.79 Å². The Morgan fingerprint density at radius 2 is 1.89 bits per heavy atom. The van der Waals surface area contributed by atoms with Crippen molar-refractivity contribution in [1.29, 1.82) is 0 Å². The molecule has 0 spiro atoms. The Morgan fingerprint density at radius 3 is 2.47 bits per heavy atom. The Bertz CT molecular complexity index is 602. The van der Waals surface area contributed by atoms with E-state index in [1.54, 1.807) is 6.07 Å². The van der Waals surface area contributed by atoms with Crippen LogP contribution in [0.4, 0.5) is 0 Å². The van der Waals surface area contributed by atoms with Gasteiger partial charge >= 0.3 is 5.97 Å². The third-order valence-corrected chi connectivity index (χ3v) is 3.31. The van der Waals surface area contributed by atoms with Gasteiger partial charge in [-0.15, -0.1) is 0 Å². The fourth-order valence-electron chi connectivity index (χ4n) is 2.16. The number of ether oxygens (including phenoxy) is 1. The summed E-state index contributed by atoms with van der Waals surface area (Å²) in [6, 6.07) is 11.4. The van der Waals surface area contributed by atoms with E-state index in [-0.39, 0.29) is 12.0 Å². The molecule has 0 saturated carbocycles. The largest absolute Gasteiger partial charge is 0.464 e. The lowest BCUT2D eigenvalue weighted by molar-refractivity contribution is 0.0587. The summed E-state index contributed by atoms with van der Waals surface area (Å²) in [7, 11) is 1.38. The normalized spacial score (nSPS) is 10.8. The van der Waals surface area contributed by atoms with Gasteiger partial charge in [0, 0.05) is 16.6 Å². The Labute approximate surface area is 117 Å². The lowest BCUT2D eigenvalue weighted by Gasteiger charge is -2.17. The molecule has 0 aliphatic heterocycles. The zero-order chi connectivity index (χ0) is 14.0. The molecular weight excluding hydrogens is 262 g/mol. The third kappa shape index (κ3) is 2.51. The van der Waals surface area contributed by atoms with Crippen LogP contribution in [0.25, 0.3) is 11.3 Å². The SMILES string of the molecule is COC(=O)c1ccc(-c2ccccc2Cl)n1C(C)C. The topological polar surface area (TPSA) is 31.2 Å². The van der Waals surface area contributed by atoms with Crippen LogP contribution in [0, 0.1) is 0 Å². The van der Waals surface area contributed by atoms with Gasteiger partial charge in [0.15, 0.2) is 0 Å². The molecule has 0 N–H and O–H groups in total. The van der Waals surface area contributed by atoms with Crippen molar-refractivity contribution in [3.8, 4) is 11.3 Å². The summed E-state index contributed by atoms with van der Waals surface area (Å²) < 4.78 is 6.75. The van der Waals surface area contributed by atoms with Gasteiger partial charge < -0.3 is 9.30 Å². The van der Waals surface area contributed by atoms with Crippen molar-refractivity contribution in [1.82, 2.24) is 4.57 Å². The molecular formula is C15H16ClNO2. The highest BCUT2D eigenvalue weighted by molar-refractivity contribution is 6.33. The maximum atomic E-state index is 11.8. The summed E-state index contributed by atoms with van der Waals surface area (Å²) >= 11 is 6.23. The number of esters is 1. The van der Waals surface area contributed by atoms with E-state index < -0.39 is 0 Å². The summed E-state index contributed by atoms with van der Waals surface area (Å²) in [6.45, 7) is 4.04. The molecule has 0 unspecified atom stereocenters. The number of benzene rings is 1. The zero-order valence-electron chi connectivity index (χ0n) is 11.2. The van der Waals surface area contributed by atoms with Crippen LogP contribution in [0.2, 0.25) is 5.02 Å². The van der Waals surface area contributed by atoms with Crippen LogP contribution in [0.15, 0.2) is 36.4 Å². The van der Waals surface area contributed by atoms with Gasteiger partial charge in [0.1, 0.15) is 5.69 Å². The smallest absolute Gasteiger partial charge is 0.354 e. The third-order valence-electron chi connectivity index (χ3n) is 2.98. The highest BCUT2D eigenvalue weighted by atomic mass is 35.5.